The van der Waals surface area contributed by atoms with Crippen molar-refractivity contribution in [1.82, 2.24) is 5.32 Å². The minimum Gasteiger partial charge on any atom is -0.325 e. The summed E-state index contributed by atoms with van der Waals surface area (Å²) in [6.45, 7) is 3.28. The first-order valence-electron chi connectivity index (χ1n) is 7.43. The van der Waals surface area contributed by atoms with Gasteiger partial charge in [-0.2, -0.15) is 10.5 Å². The Kier molecular flexibility index (Phi) is 5.91. The maximum absolute atomic E-state index is 13.1. The van der Waals surface area contributed by atoms with Crippen LogP contribution >= 0.6 is 23.4 Å². The molecule has 0 radical (unpaired) electrons. The average Bonchev–Trinajstić information content (AvgIpc) is 2.56. The molecule has 1 aromatic rings. The average molecular weight is 393 g/mol. The number of allylic oxidation sites excluding steroid dienone is 1. The fourth-order valence-electron chi connectivity index (χ4n) is 2.44. The van der Waals surface area contributed by atoms with E-state index in [-0.39, 0.29) is 21.4 Å². The van der Waals surface area contributed by atoms with Crippen LogP contribution in [-0.4, -0.2) is 17.6 Å². The summed E-state index contributed by atoms with van der Waals surface area (Å²) in [7, 11) is 0. The number of anilines is 1. The fraction of sp³-hybridized carbons (Fsp3) is 0.294. The van der Waals surface area contributed by atoms with Crippen LogP contribution in [-0.2, 0) is 9.59 Å². The Morgan fingerprint density at radius 2 is 2.15 bits per heavy atom. The normalized spacial score (nSPS) is 18.5. The van der Waals surface area contributed by atoms with E-state index in [1.807, 2.05) is 12.1 Å². The Morgan fingerprint density at radius 1 is 1.46 bits per heavy atom. The van der Waals surface area contributed by atoms with Crippen molar-refractivity contribution in [3.8, 4) is 12.1 Å². The van der Waals surface area contributed by atoms with Crippen molar-refractivity contribution in [2.75, 3.05) is 11.1 Å². The predicted molar refractivity (Wildman–Crippen MR) is 96.2 cm³/mol. The summed E-state index contributed by atoms with van der Waals surface area (Å²) >= 11 is 6.64. The Labute approximate surface area is 159 Å². The van der Waals surface area contributed by atoms with E-state index < -0.39 is 29.0 Å². The van der Waals surface area contributed by atoms with Gasteiger partial charge >= 0.3 is 0 Å². The van der Waals surface area contributed by atoms with Gasteiger partial charge in [0.15, 0.2) is 0 Å². The second-order valence-electron chi connectivity index (χ2n) is 6.05. The molecule has 2 rings (SSSR count). The Balaban J connectivity index is 2.12. The third-order valence-corrected chi connectivity index (χ3v) is 5.17. The number of benzene rings is 1. The van der Waals surface area contributed by atoms with Crippen LogP contribution in [0.15, 0.2) is 28.8 Å². The number of hydrogen-bond acceptors (Lipinski definition) is 5. The maximum atomic E-state index is 13.1. The molecule has 0 aliphatic carbocycles. The van der Waals surface area contributed by atoms with Crippen LogP contribution < -0.4 is 10.6 Å². The zero-order valence-corrected chi connectivity index (χ0v) is 15.5. The van der Waals surface area contributed by atoms with Crippen LogP contribution in [0.3, 0.4) is 0 Å². The zero-order chi connectivity index (χ0) is 19.5. The minimum atomic E-state index is -0.989. The van der Waals surface area contributed by atoms with E-state index in [2.05, 4.69) is 10.6 Å². The van der Waals surface area contributed by atoms with Crippen molar-refractivity contribution in [2.45, 2.75) is 13.8 Å². The monoisotopic (exact) mass is 392 g/mol. The molecule has 134 valence electrons. The van der Waals surface area contributed by atoms with Crippen molar-refractivity contribution >= 4 is 40.9 Å². The van der Waals surface area contributed by atoms with Gasteiger partial charge in [-0.3, -0.25) is 9.59 Å². The number of carbonyl (C=O) groups is 2. The van der Waals surface area contributed by atoms with Gasteiger partial charge in [-0.05, 0) is 18.2 Å². The van der Waals surface area contributed by atoms with Crippen molar-refractivity contribution < 1.29 is 14.0 Å². The lowest BCUT2D eigenvalue weighted by Gasteiger charge is -2.34. The van der Waals surface area contributed by atoms with Crippen LogP contribution in [0.5, 0.6) is 0 Å². The lowest BCUT2D eigenvalue weighted by Crippen LogP contribution is -2.44. The maximum Gasteiger partial charge on any atom is 0.243 e. The molecule has 1 aliphatic heterocycles. The molecule has 0 fully saturated rings. The molecule has 0 unspecified atom stereocenters. The molecule has 0 saturated heterocycles. The van der Waals surface area contributed by atoms with Crippen molar-refractivity contribution in [3.05, 3.63) is 39.6 Å². The predicted octanol–water partition coefficient (Wildman–Crippen LogP) is 3.18. The zero-order valence-electron chi connectivity index (χ0n) is 13.9. The van der Waals surface area contributed by atoms with E-state index >= 15 is 0 Å². The molecule has 1 aromatic carbocycles. The second kappa shape index (κ2) is 7.77. The molecular weight excluding hydrogens is 379 g/mol. The summed E-state index contributed by atoms with van der Waals surface area (Å²) in [6.07, 6.45) is 0. The summed E-state index contributed by atoms with van der Waals surface area (Å²) in [5.74, 6) is -2.61. The molecule has 0 bridgehead atoms. The van der Waals surface area contributed by atoms with E-state index in [4.69, 9.17) is 16.9 Å². The summed E-state index contributed by atoms with van der Waals surface area (Å²) in [5.41, 5.74) is -0.393. The number of nitriles is 2. The summed E-state index contributed by atoms with van der Waals surface area (Å²) < 4.78 is 13.1. The number of amides is 2. The molecule has 2 N–H and O–H groups in total. The molecule has 2 amide bonds. The molecule has 0 spiro atoms. The molecule has 1 heterocycles. The number of thioether (sulfide) groups is 1. The molecule has 26 heavy (non-hydrogen) atoms. The number of nitrogens with one attached hydrogen (secondary N) is 2. The summed E-state index contributed by atoms with van der Waals surface area (Å²) in [5, 5.41) is 23.8. The highest BCUT2D eigenvalue weighted by molar-refractivity contribution is 8.03. The molecule has 1 aliphatic rings. The molecular formula is C17H14ClFN4O2S. The van der Waals surface area contributed by atoms with Gasteiger partial charge in [0.05, 0.1) is 33.5 Å². The summed E-state index contributed by atoms with van der Waals surface area (Å²) in [6, 6.07) is 7.71. The van der Waals surface area contributed by atoms with Crippen molar-refractivity contribution in [1.29, 1.82) is 10.5 Å². The molecule has 0 aromatic heterocycles. The van der Waals surface area contributed by atoms with Crippen LogP contribution in [0.4, 0.5) is 10.1 Å². The van der Waals surface area contributed by atoms with Crippen LogP contribution in [0.25, 0.3) is 0 Å². The number of carbonyl (C=O) groups excluding carboxylic acids is 2. The van der Waals surface area contributed by atoms with Gasteiger partial charge in [-0.25, -0.2) is 4.39 Å². The minimum absolute atomic E-state index is 0.0942. The number of nitrogens with zero attached hydrogens (tertiary/aromatic N) is 2. The first kappa shape index (κ1) is 19.8. The van der Waals surface area contributed by atoms with Gasteiger partial charge in [0.1, 0.15) is 11.7 Å². The molecule has 6 nitrogen and oxygen atoms in total. The Morgan fingerprint density at radius 3 is 2.73 bits per heavy atom. The lowest BCUT2D eigenvalue weighted by molar-refractivity contribution is -0.125. The van der Waals surface area contributed by atoms with Gasteiger partial charge in [0.25, 0.3) is 0 Å². The number of halogens is 2. The highest BCUT2D eigenvalue weighted by atomic mass is 35.5. The van der Waals surface area contributed by atoms with E-state index in [1.54, 1.807) is 13.8 Å². The third kappa shape index (κ3) is 3.98. The fourth-order valence-corrected chi connectivity index (χ4v) is 3.60. The number of rotatable bonds is 4. The van der Waals surface area contributed by atoms with Gasteiger partial charge < -0.3 is 10.6 Å². The van der Waals surface area contributed by atoms with Gasteiger partial charge in [0, 0.05) is 11.1 Å². The van der Waals surface area contributed by atoms with E-state index in [9.17, 15) is 19.2 Å². The highest BCUT2D eigenvalue weighted by Gasteiger charge is 2.44. The Bertz CT molecular complexity index is 886. The van der Waals surface area contributed by atoms with Crippen LogP contribution in [0.2, 0.25) is 5.02 Å². The molecule has 9 heteroatoms. The van der Waals surface area contributed by atoms with E-state index in [0.717, 1.165) is 17.8 Å². The van der Waals surface area contributed by atoms with Crippen LogP contribution in [0, 0.1) is 39.8 Å². The quantitative estimate of drug-likeness (QED) is 0.818. The SMILES string of the molecule is CC1(C)C(C#N)=C(SCC(=O)Nc2ccc(F)c(Cl)c2)NC(=O)[C@@H]1C#N. The van der Waals surface area contributed by atoms with Gasteiger partial charge in [0.2, 0.25) is 11.8 Å². The van der Waals surface area contributed by atoms with Gasteiger partial charge in [-0.1, -0.05) is 37.2 Å². The van der Waals surface area contributed by atoms with Crippen molar-refractivity contribution in [2.24, 2.45) is 11.3 Å². The largest absolute Gasteiger partial charge is 0.325 e. The molecule has 1 atom stereocenters. The number of hydrogen-bond donors (Lipinski definition) is 2. The topological polar surface area (TPSA) is 106 Å². The highest BCUT2D eigenvalue weighted by Crippen LogP contribution is 2.41. The smallest absolute Gasteiger partial charge is 0.243 e. The van der Waals surface area contributed by atoms with Gasteiger partial charge in [-0.15, -0.1) is 0 Å². The Hall–Kier alpha value is -2.55. The van der Waals surface area contributed by atoms with E-state index in [0.29, 0.717) is 5.69 Å². The molecule has 0 saturated carbocycles. The lowest BCUT2D eigenvalue weighted by atomic mass is 9.72. The van der Waals surface area contributed by atoms with Crippen molar-refractivity contribution in [3.63, 3.8) is 0 Å². The summed E-state index contributed by atoms with van der Waals surface area (Å²) in [4.78, 5) is 24.1. The standard InChI is InChI=1S/C17H14ClFN4O2S/c1-17(2)10(6-20)15(25)23-16(11(17)7-21)26-8-14(24)22-9-3-4-13(19)12(18)5-9/h3-5,10H,8H2,1-2H3,(H,22,24)(H,23,25)/t10-/m0/s1. The van der Waals surface area contributed by atoms with Crippen LogP contribution in [0.1, 0.15) is 13.8 Å². The third-order valence-electron chi connectivity index (χ3n) is 3.88. The van der Waals surface area contributed by atoms with E-state index in [1.165, 1.54) is 12.1 Å². The first-order valence-corrected chi connectivity index (χ1v) is 8.80. The second-order valence-corrected chi connectivity index (χ2v) is 7.45. The first-order chi connectivity index (χ1) is 12.2.